The molecule has 3 N–H and O–H groups in total. The highest BCUT2D eigenvalue weighted by molar-refractivity contribution is 6.30. The molecule has 0 saturated carbocycles. The van der Waals surface area contributed by atoms with E-state index >= 15 is 0 Å². The fraction of sp³-hybridized carbons (Fsp3) is 0.263. The number of nitrogen functional groups attached to an aromatic ring is 1. The van der Waals surface area contributed by atoms with Gasteiger partial charge in [-0.1, -0.05) is 35.9 Å². The number of fused-ring (bicyclic) bond motifs is 1. The molecule has 7 heteroatoms. The van der Waals surface area contributed by atoms with Crippen LogP contribution in [-0.2, 0) is 0 Å². The molecule has 2 aromatic carbocycles. The second kappa shape index (κ2) is 6.88. The molecular formula is C19H20ClN5O. The molecule has 6 nitrogen and oxygen atoms in total. The van der Waals surface area contributed by atoms with Crippen LogP contribution in [0.5, 0.6) is 5.75 Å². The number of nitrogens with one attached hydrogen (secondary N) is 1. The van der Waals surface area contributed by atoms with Crippen molar-refractivity contribution in [1.29, 1.82) is 0 Å². The SMILES string of the molecule is CCOc1ccc([C@H]2C[C@H](c3ccc(Cl)cc3)Nc3nc(N)nn32)cc1. The Morgan fingerprint density at radius 1 is 1.15 bits per heavy atom. The van der Waals surface area contributed by atoms with E-state index in [9.17, 15) is 0 Å². The van der Waals surface area contributed by atoms with Gasteiger partial charge in [-0.05, 0) is 48.7 Å². The van der Waals surface area contributed by atoms with Crippen LogP contribution in [0.15, 0.2) is 48.5 Å². The molecule has 0 amide bonds. The monoisotopic (exact) mass is 369 g/mol. The molecule has 0 unspecified atom stereocenters. The molecule has 26 heavy (non-hydrogen) atoms. The number of benzene rings is 2. The predicted octanol–water partition coefficient (Wildman–Crippen LogP) is 4.06. The maximum atomic E-state index is 6.02. The van der Waals surface area contributed by atoms with Crippen LogP contribution in [0.2, 0.25) is 5.02 Å². The first-order valence-corrected chi connectivity index (χ1v) is 8.98. The third-order valence-corrected chi connectivity index (χ3v) is 4.81. The molecule has 0 aliphatic carbocycles. The number of hydrogen-bond acceptors (Lipinski definition) is 5. The van der Waals surface area contributed by atoms with Gasteiger partial charge in [0.1, 0.15) is 5.75 Å². The Labute approximate surface area is 156 Å². The lowest BCUT2D eigenvalue weighted by Crippen LogP contribution is -2.28. The van der Waals surface area contributed by atoms with Gasteiger partial charge in [0.25, 0.3) is 0 Å². The van der Waals surface area contributed by atoms with Gasteiger partial charge in [-0.2, -0.15) is 4.98 Å². The highest BCUT2D eigenvalue weighted by Crippen LogP contribution is 2.38. The van der Waals surface area contributed by atoms with Crippen molar-refractivity contribution in [3.63, 3.8) is 0 Å². The minimum Gasteiger partial charge on any atom is -0.494 e. The summed E-state index contributed by atoms with van der Waals surface area (Å²) in [4.78, 5) is 4.34. The van der Waals surface area contributed by atoms with Gasteiger partial charge in [-0.3, -0.25) is 0 Å². The van der Waals surface area contributed by atoms with Gasteiger partial charge >= 0.3 is 0 Å². The van der Waals surface area contributed by atoms with Gasteiger partial charge in [0.15, 0.2) is 0 Å². The Morgan fingerprint density at radius 2 is 1.85 bits per heavy atom. The molecule has 2 heterocycles. The van der Waals surface area contributed by atoms with E-state index < -0.39 is 0 Å². The Morgan fingerprint density at radius 3 is 2.54 bits per heavy atom. The second-order valence-electron chi connectivity index (χ2n) is 6.24. The van der Waals surface area contributed by atoms with E-state index in [4.69, 9.17) is 22.1 Å². The number of hydrogen-bond donors (Lipinski definition) is 2. The molecule has 134 valence electrons. The largest absolute Gasteiger partial charge is 0.494 e. The van der Waals surface area contributed by atoms with E-state index in [1.165, 1.54) is 0 Å². The van der Waals surface area contributed by atoms with Crippen LogP contribution in [0.3, 0.4) is 0 Å². The van der Waals surface area contributed by atoms with E-state index in [-0.39, 0.29) is 18.0 Å². The Hall–Kier alpha value is -2.73. The lowest BCUT2D eigenvalue weighted by molar-refractivity contribution is 0.340. The van der Waals surface area contributed by atoms with Crippen molar-refractivity contribution in [3.8, 4) is 5.75 Å². The Bertz CT molecular complexity index is 891. The molecular weight excluding hydrogens is 350 g/mol. The van der Waals surface area contributed by atoms with Crippen LogP contribution < -0.4 is 15.8 Å². The molecule has 0 bridgehead atoms. The van der Waals surface area contributed by atoms with E-state index in [1.807, 2.05) is 48.0 Å². The first kappa shape index (κ1) is 16.7. The first-order chi connectivity index (χ1) is 12.6. The van der Waals surface area contributed by atoms with Gasteiger partial charge < -0.3 is 15.8 Å². The first-order valence-electron chi connectivity index (χ1n) is 8.61. The molecule has 2 atom stereocenters. The highest BCUT2D eigenvalue weighted by Gasteiger charge is 2.30. The molecule has 0 radical (unpaired) electrons. The van der Waals surface area contributed by atoms with Gasteiger partial charge in [-0.15, -0.1) is 5.10 Å². The summed E-state index contributed by atoms with van der Waals surface area (Å²) in [6.45, 7) is 2.62. The van der Waals surface area contributed by atoms with Crippen LogP contribution in [0.4, 0.5) is 11.9 Å². The van der Waals surface area contributed by atoms with E-state index in [1.54, 1.807) is 0 Å². The molecule has 0 spiro atoms. The normalized spacial score (nSPS) is 18.8. The molecule has 3 aromatic rings. The number of halogens is 1. The molecule has 0 fully saturated rings. The summed E-state index contributed by atoms with van der Waals surface area (Å²) in [7, 11) is 0. The number of nitrogens with zero attached hydrogens (tertiary/aromatic N) is 3. The van der Waals surface area contributed by atoms with Crippen LogP contribution in [0.25, 0.3) is 0 Å². The van der Waals surface area contributed by atoms with Crippen LogP contribution in [0.1, 0.15) is 36.6 Å². The van der Waals surface area contributed by atoms with Gasteiger partial charge in [-0.25, -0.2) is 4.68 Å². The highest BCUT2D eigenvalue weighted by atomic mass is 35.5. The van der Waals surface area contributed by atoms with E-state index in [0.717, 1.165) is 28.3 Å². The third-order valence-electron chi connectivity index (χ3n) is 4.55. The maximum absolute atomic E-state index is 6.02. The summed E-state index contributed by atoms with van der Waals surface area (Å²) in [5.74, 6) is 1.80. The molecule has 1 aromatic heterocycles. The number of anilines is 2. The number of nitrogens with two attached hydrogens (primary N) is 1. The van der Waals surface area contributed by atoms with Gasteiger partial charge in [0.2, 0.25) is 11.9 Å². The lowest BCUT2D eigenvalue weighted by atomic mass is 9.93. The topological polar surface area (TPSA) is 78.0 Å². The van der Waals surface area contributed by atoms with Crippen molar-refractivity contribution in [2.75, 3.05) is 17.7 Å². The summed E-state index contributed by atoms with van der Waals surface area (Å²) in [6, 6.07) is 16.1. The van der Waals surface area contributed by atoms with E-state index in [0.29, 0.717) is 12.6 Å². The summed E-state index contributed by atoms with van der Waals surface area (Å²) < 4.78 is 7.40. The zero-order valence-electron chi connectivity index (χ0n) is 14.4. The van der Waals surface area contributed by atoms with Crippen molar-refractivity contribution >= 4 is 23.5 Å². The number of ether oxygens (including phenoxy) is 1. The fourth-order valence-electron chi connectivity index (χ4n) is 3.34. The van der Waals surface area contributed by atoms with Crippen LogP contribution >= 0.6 is 11.6 Å². The van der Waals surface area contributed by atoms with Crippen molar-refractivity contribution in [2.24, 2.45) is 0 Å². The maximum Gasteiger partial charge on any atom is 0.241 e. The average molecular weight is 370 g/mol. The zero-order valence-corrected chi connectivity index (χ0v) is 15.1. The minimum atomic E-state index is 0.0346. The molecule has 1 aliphatic heterocycles. The standard InChI is InChI=1S/C19H20ClN5O/c1-2-26-15-9-5-13(6-10-15)17-11-16(12-3-7-14(20)8-4-12)22-19-23-18(21)24-25(17)19/h3-10,16-17H,2,11H2,1H3,(H3,21,22,23,24)/t16-,17-/m1/s1. The Balaban J connectivity index is 1.69. The number of rotatable bonds is 4. The van der Waals surface area contributed by atoms with Crippen molar-refractivity contribution < 1.29 is 4.74 Å². The third kappa shape index (κ3) is 3.20. The van der Waals surface area contributed by atoms with Crippen molar-refractivity contribution in [1.82, 2.24) is 14.8 Å². The van der Waals surface area contributed by atoms with E-state index in [2.05, 4.69) is 27.5 Å². The molecule has 1 aliphatic rings. The second-order valence-corrected chi connectivity index (χ2v) is 6.68. The van der Waals surface area contributed by atoms with Crippen LogP contribution in [0, 0.1) is 0 Å². The predicted molar refractivity (Wildman–Crippen MR) is 103 cm³/mol. The van der Waals surface area contributed by atoms with Crippen molar-refractivity contribution in [2.45, 2.75) is 25.4 Å². The molecule has 0 saturated heterocycles. The van der Waals surface area contributed by atoms with Crippen LogP contribution in [-0.4, -0.2) is 21.4 Å². The summed E-state index contributed by atoms with van der Waals surface area (Å²) >= 11 is 6.02. The quantitative estimate of drug-likeness (QED) is 0.725. The van der Waals surface area contributed by atoms with Gasteiger partial charge in [0.05, 0.1) is 18.7 Å². The average Bonchev–Trinajstić information content (AvgIpc) is 3.02. The zero-order chi connectivity index (χ0) is 18.1. The number of aromatic nitrogens is 3. The lowest BCUT2D eigenvalue weighted by Gasteiger charge is -2.31. The minimum absolute atomic E-state index is 0.0346. The Kier molecular flexibility index (Phi) is 4.42. The fourth-order valence-corrected chi connectivity index (χ4v) is 3.46. The summed E-state index contributed by atoms with van der Waals surface area (Å²) in [5, 5.41) is 8.53. The smallest absolute Gasteiger partial charge is 0.241 e. The summed E-state index contributed by atoms with van der Waals surface area (Å²) in [5.41, 5.74) is 8.14. The van der Waals surface area contributed by atoms with Gasteiger partial charge in [0, 0.05) is 5.02 Å². The molecule has 4 rings (SSSR count). The van der Waals surface area contributed by atoms with Crippen molar-refractivity contribution in [3.05, 3.63) is 64.7 Å². The summed E-state index contributed by atoms with van der Waals surface area (Å²) in [6.07, 6.45) is 0.825.